The Labute approximate surface area is 161 Å². The van der Waals surface area contributed by atoms with Crippen molar-refractivity contribution >= 4 is 35.1 Å². The summed E-state index contributed by atoms with van der Waals surface area (Å²) in [4.78, 5) is 35.0. The van der Waals surface area contributed by atoms with Crippen LogP contribution in [0.15, 0.2) is 36.7 Å². The van der Waals surface area contributed by atoms with Gasteiger partial charge in [-0.25, -0.2) is 4.79 Å². The Hall–Kier alpha value is -2.87. The van der Waals surface area contributed by atoms with Gasteiger partial charge in [-0.3, -0.25) is 19.6 Å². The van der Waals surface area contributed by atoms with E-state index in [2.05, 4.69) is 21.0 Å². The van der Waals surface area contributed by atoms with Crippen LogP contribution < -0.4 is 16.0 Å². The third kappa shape index (κ3) is 4.85. The summed E-state index contributed by atoms with van der Waals surface area (Å²) in [5, 5.41) is 12.5. The Bertz CT molecular complexity index is 864. The largest absolute Gasteiger partial charge is 0.324 e. The number of hydrogen-bond acceptors (Lipinski definition) is 4. The van der Waals surface area contributed by atoms with E-state index in [4.69, 9.17) is 11.6 Å². The molecular formula is C18H20ClN5O3. The van der Waals surface area contributed by atoms with Crippen molar-refractivity contribution in [2.45, 2.75) is 38.3 Å². The van der Waals surface area contributed by atoms with Gasteiger partial charge >= 0.3 is 6.03 Å². The Morgan fingerprint density at radius 2 is 2.04 bits per heavy atom. The number of nitrogens with zero attached hydrogens (tertiary/aromatic N) is 2. The second-order valence-corrected chi connectivity index (χ2v) is 7.13. The summed E-state index contributed by atoms with van der Waals surface area (Å²) in [6.45, 7) is 2.21. The van der Waals surface area contributed by atoms with Crippen molar-refractivity contribution < 1.29 is 14.4 Å². The van der Waals surface area contributed by atoms with Crippen molar-refractivity contribution in [2.75, 3.05) is 5.32 Å². The molecule has 3 rings (SSSR count). The minimum absolute atomic E-state index is 0.172. The van der Waals surface area contributed by atoms with Crippen molar-refractivity contribution in [2.24, 2.45) is 0 Å². The highest BCUT2D eigenvalue weighted by atomic mass is 35.5. The lowest BCUT2D eigenvalue weighted by Crippen LogP contribution is -2.43. The number of carbonyl (C=O) groups excluding carboxylic acids is 3. The maximum Gasteiger partial charge on any atom is 0.322 e. The molecule has 0 spiro atoms. The van der Waals surface area contributed by atoms with Crippen molar-refractivity contribution in [3.8, 4) is 0 Å². The first-order valence-corrected chi connectivity index (χ1v) is 8.92. The first kappa shape index (κ1) is 18.9. The summed E-state index contributed by atoms with van der Waals surface area (Å²) in [5.74, 6) is -0.536. The molecule has 0 bridgehead atoms. The minimum Gasteiger partial charge on any atom is -0.324 e. The highest BCUT2D eigenvalue weighted by Gasteiger charge is 2.41. The highest BCUT2D eigenvalue weighted by Crippen LogP contribution is 2.18. The topological polar surface area (TPSA) is 105 Å². The number of benzene rings is 1. The molecular weight excluding hydrogens is 370 g/mol. The first-order chi connectivity index (χ1) is 12.8. The standard InChI is InChI=1S/C18H20ClN5O3/c1-18(16(26)22-17(27)23-18)8-2-3-15(25)21-14-9-20-24(11-14)10-12-4-6-13(19)7-5-12/h4-7,9,11H,2-3,8,10H2,1H3,(H,21,25)(H2,22,23,26,27)/t18-/m1/s1. The van der Waals surface area contributed by atoms with Crippen LogP contribution in [0.5, 0.6) is 0 Å². The van der Waals surface area contributed by atoms with Crippen LogP contribution in [0, 0.1) is 0 Å². The second kappa shape index (κ2) is 7.79. The van der Waals surface area contributed by atoms with E-state index in [1.54, 1.807) is 24.0 Å². The molecule has 27 heavy (non-hydrogen) atoms. The van der Waals surface area contributed by atoms with Crippen molar-refractivity contribution in [1.82, 2.24) is 20.4 Å². The molecule has 142 valence electrons. The number of aromatic nitrogens is 2. The molecule has 1 aliphatic heterocycles. The molecule has 8 nitrogen and oxygen atoms in total. The first-order valence-electron chi connectivity index (χ1n) is 8.54. The lowest BCUT2D eigenvalue weighted by Gasteiger charge is -2.19. The number of rotatable bonds is 7. The van der Waals surface area contributed by atoms with Crippen LogP contribution in [-0.4, -0.2) is 33.2 Å². The fourth-order valence-electron chi connectivity index (χ4n) is 2.87. The predicted molar refractivity (Wildman–Crippen MR) is 100 cm³/mol. The predicted octanol–water partition coefficient (Wildman–Crippen LogP) is 2.29. The second-order valence-electron chi connectivity index (χ2n) is 6.70. The van der Waals surface area contributed by atoms with Crippen LogP contribution in [0.3, 0.4) is 0 Å². The number of amides is 4. The van der Waals surface area contributed by atoms with Gasteiger partial charge in [-0.05, 0) is 37.5 Å². The summed E-state index contributed by atoms with van der Waals surface area (Å²) >= 11 is 5.87. The molecule has 1 aromatic carbocycles. The van der Waals surface area contributed by atoms with Gasteiger partial charge in [0.2, 0.25) is 5.91 Å². The molecule has 3 N–H and O–H groups in total. The number of nitrogens with one attached hydrogen (secondary N) is 3. The van der Waals surface area contributed by atoms with Gasteiger partial charge in [-0.15, -0.1) is 0 Å². The van der Waals surface area contributed by atoms with Crippen LogP contribution in [0.1, 0.15) is 31.7 Å². The fraction of sp³-hybridized carbons (Fsp3) is 0.333. The molecule has 1 saturated heterocycles. The third-order valence-corrected chi connectivity index (χ3v) is 4.63. The van der Waals surface area contributed by atoms with E-state index in [0.717, 1.165) is 5.56 Å². The minimum atomic E-state index is -0.958. The lowest BCUT2D eigenvalue weighted by molar-refractivity contribution is -0.124. The SMILES string of the molecule is C[C@]1(CCCC(=O)Nc2cnn(Cc3ccc(Cl)cc3)c2)NC(=O)NC1=O. The normalized spacial score (nSPS) is 18.9. The molecule has 9 heteroatoms. The summed E-state index contributed by atoms with van der Waals surface area (Å²) in [6, 6.07) is 6.97. The number of imide groups is 1. The van der Waals surface area contributed by atoms with E-state index < -0.39 is 11.6 Å². The Morgan fingerprint density at radius 3 is 2.70 bits per heavy atom. The summed E-state index contributed by atoms with van der Waals surface area (Å²) in [7, 11) is 0. The van der Waals surface area contributed by atoms with Gasteiger partial charge in [0, 0.05) is 17.6 Å². The van der Waals surface area contributed by atoms with E-state index in [1.165, 1.54) is 0 Å². The van der Waals surface area contributed by atoms with Crippen LogP contribution in [0.2, 0.25) is 5.02 Å². The molecule has 0 unspecified atom stereocenters. The van der Waals surface area contributed by atoms with E-state index in [9.17, 15) is 14.4 Å². The Morgan fingerprint density at radius 1 is 1.30 bits per heavy atom. The maximum absolute atomic E-state index is 12.1. The zero-order chi connectivity index (χ0) is 19.4. The monoisotopic (exact) mass is 389 g/mol. The van der Waals surface area contributed by atoms with Crippen molar-refractivity contribution in [3.05, 3.63) is 47.2 Å². The maximum atomic E-state index is 12.1. The molecule has 0 aliphatic carbocycles. The van der Waals surface area contributed by atoms with Crippen LogP contribution in [0.4, 0.5) is 10.5 Å². The van der Waals surface area contributed by atoms with Crippen LogP contribution >= 0.6 is 11.6 Å². The molecule has 4 amide bonds. The summed E-state index contributed by atoms with van der Waals surface area (Å²) < 4.78 is 1.72. The molecule has 1 atom stereocenters. The molecule has 2 aromatic rings. The highest BCUT2D eigenvalue weighted by molar-refractivity contribution is 6.30. The van der Waals surface area contributed by atoms with Crippen molar-refractivity contribution in [3.63, 3.8) is 0 Å². The van der Waals surface area contributed by atoms with Crippen molar-refractivity contribution in [1.29, 1.82) is 0 Å². The average molecular weight is 390 g/mol. The number of urea groups is 1. The average Bonchev–Trinajstić information content (AvgIpc) is 3.13. The van der Waals surface area contributed by atoms with E-state index >= 15 is 0 Å². The smallest absolute Gasteiger partial charge is 0.322 e. The van der Waals surface area contributed by atoms with Crippen LogP contribution in [0.25, 0.3) is 0 Å². The molecule has 0 saturated carbocycles. The summed E-state index contributed by atoms with van der Waals surface area (Å²) in [6.07, 6.45) is 4.42. The van der Waals surface area contributed by atoms with Gasteiger partial charge in [0.1, 0.15) is 5.54 Å². The van der Waals surface area contributed by atoms with Gasteiger partial charge in [0.15, 0.2) is 0 Å². The van der Waals surface area contributed by atoms with Gasteiger partial charge in [-0.2, -0.15) is 5.10 Å². The van der Waals surface area contributed by atoms with E-state index in [1.807, 2.05) is 24.3 Å². The third-order valence-electron chi connectivity index (χ3n) is 4.37. The number of carbonyl (C=O) groups is 3. The molecule has 1 fully saturated rings. The van der Waals surface area contributed by atoms with E-state index in [-0.39, 0.29) is 18.2 Å². The molecule has 1 aromatic heterocycles. The zero-order valence-corrected chi connectivity index (χ0v) is 15.5. The molecule has 0 radical (unpaired) electrons. The lowest BCUT2D eigenvalue weighted by atomic mass is 9.95. The van der Waals surface area contributed by atoms with Gasteiger partial charge in [0.25, 0.3) is 5.91 Å². The molecule has 2 heterocycles. The Kier molecular flexibility index (Phi) is 5.46. The zero-order valence-electron chi connectivity index (χ0n) is 14.8. The number of halogens is 1. The number of anilines is 1. The summed E-state index contributed by atoms with van der Waals surface area (Å²) in [5.41, 5.74) is 0.693. The Balaban J connectivity index is 1.46. The van der Waals surface area contributed by atoms with Gasteiger partial charge < -0.3 is 10.6 Å². The van der Waals surface area contributed by atoms with E-state index in [0.29, 0.717) is 30.1 Å². The fourth-order valence-corrected chi connectivity index (χ4v) is 3.00. The van der Waals surface area contributed by atoms with Gasteiger partial charge in [-0.1, -0.05) is 23.7 Å². The quantitative estimate of drug-likeness (QED) is 0.632. The number of hydrogen-bond donors (Lipinski definition) is 3. The van der Waals surface area contributed by atoms with Crippen LogP contribution in [-0.2, 0) is 16.1 Å². The molecule has 1 aliphatic rings. The van der Waals surface area contributed by atoms with Gasteiger partial charge in [0.05, 0.1) is 18.4 Å².